The van der Waals surface area contributed by atoms with E-state index in [0.29, 0.717) is 23.7 Å². The van der Waals surface area contributed by atoms with Gasteiger partial charge in [0, 0.05) is 40.8 Å². The Hall–Kier alpha value is -3.74. The number of aryl methyl sites for hydroxylation is 1. The second kappa shape index (κ2) is 9.04. The first-order chi connectivity index (χ1) is 17.3. The number of Topliss-reactive ketones (excluding diaryl/α,β-unsaturated/α-hetero) is 1. The van der Waals surface area contributed by atoms with Gasteiger partial charge in [-0.2, -0.15) is 5.10 Å². The summed E-state index contributed by atoms with van der Waals surface area (Å²) in [6.45, 7) is 6.40. The Bertz CT molecular complexity index is 1350. The van der Waals surface area contributed by atoms with Gasteiger partial charge >= 0.3 is 0 Å². The molecule has 2 aliphatic rings. The van der Waals surface area contributed by atoms with E-state index in [-0.39, 0.29) is 17.1 Å². The number of ketones is 1. The normalized spacial score (nSPS) is 18.3. The predicted octanol–water partition coefficient (Wildman–Crippen LogP) is 5.87. The van der Waals surface area contributed by atoms with E-state index in [9.17, 15) is 4.79 Å². The molecular formula is C29H33N3O4. The third-order valence-corrected chi connectivity index (χ3v) is 7.27. The number of rotatable bonds is 6. The van der Waals surface area contributed by atoms with Crippen LogP contribution < -0.4 is 19.5 Å². The van der Waals surface area contributed by atoms with Crippen molar-refractivity contribution in [3.05, 3.63) is 64.4 Å². The average Bonchev–Trinajstić information content (AvgIpc) is 3.29. The summed E-state index contributed by atoms with van der Waals surface area (Å²) < 4.78 is 17.0. The summed E-state index contributed by atoms with van der Waals surface area (Å²) >= 11 is 0. The second-order valence-electron chi connectivity index (χ2n) is 10.3. The number of anilines is 1. The molecule has 36 heavy (non-hydrogen) atoms. The van der Waals surface area contributed by atoms with Gasteiger partial charge in [-0.15, -0.1) is 0 Å². The van der Waals surface area contributed by atoms with Crippen molar-refractivity contribution in [2.75, 3.05) is 26.6 Å². The number of fused-ring (bicyclic) bond motifs is 1. The van der Waals surface area contributed by atoms with Crippen LogP contribution in [0.3, 0.4) is 0 Å². The van der Waals surface area contributed by atoms with Crippen LogP contribution in [0.1, 0.15) is 56.2 Å². The van der Waals surface area contributed by atoms with Gasteiger partial charge in [0.25, 0.3) is 0 Å². The topological polar surface area (TPSA) is 85.5 Å². The highest BCUT2D eigenvalue weighted by Gasteiger charge is 2.44. The molecule has 0 radical (unpaired) electrons. The number of ether oxygens (including phenoxy) is 3. The van der Waals surface area contributed by atoms with Gasteiger partial charge in [0.2, 0.25) is 0 Å². The number of nitrogens with zero attached hydrogens (tertiary/aromatic N) is 1. The van der Waals surface area contributed by atoms with Crippen LogP contribution in [-0.2, 0) is 11.2 Å². The lowest BCUT2D eigenvalue weighted by atomic mass is 9.68. The highest BCUT2D eigenvalue weighted by atomic mass is 16.5. The SMILES string of the molecule is CCc1ccc(-c2[nH]nc3c2[C@@H](c2cc(OC)c(OC)cc2OC)C2=C(CC(C)(C)CC2=O)N3)cc1. The molecule has 2 aromatic carbocycles. The maximum Gasteiger partial charge on any atom is 0.164 e. The average molecular weight is 488 g/mol. The molecule has 1 atom stereocenters. The minimum absolute atomic E-state index is 0.134. The van der Waals surface area contributed by atoms with Crippen molar-refractivity contribution >= 4 is 11.6 Å². The van der Waals surface area contributed by atoms with E-state index in [1.165, 1.54) is 5.56 Å². The zero-order valence-corrected chi connectivity index (χ0v) is 21.7. The van der Waals surface area contributed by atoms with E-state index in [1.807, 2.05) is 12.1 Å². The first-order valence-electron chi connectivity index (χ1n) is 12.3. The van der Waals surface area contributed by atoms with Crippen molar-refractivity contribution in [1.29, 1.82) is 0 Å². The Balaban J connectivity index is 1.78. The fourth-order valence-corrected chi connectivity index (χ4v) is 5.51. The molecule has 0 saturated heterocycles. The molecule has 7 nitrogen and oxygen atoms in total. The molecule has 3 aromatic rings. The largest absolute Gasteiger partial charge is 0.496 e. The molecule has 1 aromatic heterocycles. The number of carbonyl (C=O) groups is 1. The molecule has 0 fully saturated rings. The maximum absolute atomic E-state index is 13.7. The minimum atomic E-state index is -0.380. The summed E-state index contributed by atoms with van der Waals surface area (Å²) in [5.74, 6) is 2.26. The zero-order valence-electron chi connectivity index (χ0n) is 21.7. The van der Waals surface area contributed by atoms with Gasteiger partial charge in [-0.1, -0.05) is 45.0 Å². The van der Waals surface area contributed by atoms with Gasteiger partial charge < -0.3 is 19.5 Å². The van der Waals surface area contributed by atoms with Gasteiger partial charge in [-0.05, 0) is 35.4 Å². The number of hydrogen-bond donors (Lipinski definition) is 2. The Morgan fingerprint density at radius 3 is 2.28 bits per heavy atom. The number of H-pyrrole nitrogens is 1. The van der Waals surface area contributed by atoms with Crippen molar-refractivity contribution < 1.29 is 19.0 Å². The molecule has 2 heterocycles. The van der Waals surface area contributed by atoms with E-state index >= 15 is 0 Å². The van der Waals surface area contributed by atoms with Crippen LogP contribution in [0, 0.1) is 5.41 Å². The zero-order chi connectivity index (χ0) is 25.6. The Kier molecular flexibility index (Phi) is 6.02. The highest BCUT2D eigenvalue weighted by molar-refractivity contribution is 6.02. The van der Waals surface area contributed by atoms with Crippen molar-refractivity contribution in [2.45, 2.75) is 46.0 Å². The lowest BCUT2D eigenvalue weighted by Crippen LogP contribution is -2.33. The fourth-order valence-electron chi connectivity index (χ4n) is 5.51. The minimum Gasteiger partial charge on any atom is -0.496 e. The van der Waals surface area contributed by atoms with Gasteiger partial charge in [0.15, 0.2) is 23.1 Å². The van der Waals surface area contributed by atoms with Crippen molar-refractivity contribution in [2.24, 2.45) is 5.41 Å². The predicted molar refractivity (Wildman–Crippen MR) is 140 cm³/mol. The van der Waals surface area contributed by atoms with Crippen LogP contribution in [0.5, 0.6) is 17.2 Å². The summed E-state index contributed by atoms with van der Waals surface area (Å²) in [4.78, 5) is 13.7. The first-order valence-corrected chi connectivity index (χ1v) is 12.3. The molecule has 2 N–H and O–H groups in total. The Morgan fingerprint density at radius 2 is 1.64 bits per heavy atom. The van der Waals surface area contributed by atoms with Gasteiger partial charge in [0.05, 0.1) is 27.0 Å². The second-order valence-corrected chi connectivity index (χ2v) is 10.3. The van der Waals surface area contributed by atoms with Crippen LogP contribution in [0.4, 0.5) is 5.82 Å². The summed E-state index contributed by atoms with van der Waals surface area (Å²) in [7, 11) is 4.84. The summed E-state index contributed by atoms with van der Waals surface area (Å²) in [6, 6.07) is 12.2. The summed E-state index contributed by atoms with van der Waals surface area (Å²) in [5, 5.41) is 11.4. The fraction of sp³-hybridized carbons (Fsp3) is 0.379. The smallest absolute Gasteiger partial charge is 0.164 e. The van der Waals surface area contributed by atoms with Crippen molar-refractivity contribution in [1.82, 2.24) is 10.2 Å². The molecule has 188 valence electrons. The number of nitrogens with one attached hydrogen (secondary N) is 2. The molecule has 0 unspecified atom stereocenters. The third-order valence-electron chi connectivity index (χ3n) is 7.27. The van der Waals surface area contributed by atoms with Crippen LogP contribution in [0.25, 0.3) is 11.3 Å². The first kappa shape index (κ1) is 24.0. The number of methoxy groups -OCH3 is 3. The Labute approximate surface area is 211 Å². The number of carbonyl (C=O) groups excluding carboxylic acids is 1. The molecule has 1 aliphatic carbocycles. The highest BCUT2D eigenvalue weighted by Crippen LogP contribution is 2.53. The lowest BCUT2D eigenvalue weighted by Gasteiger charge is -2.38. The molecule has 7 heteroatoms. The van der Waals surface area contributed by atoms with Gasteiger partial charge in [0.1, 0.15) is 5.75 Å². The maximum atomic E-state index is 13.7. The molecule has 0 spiro atoms. The van der Waals surface area contributed by atoms with Crippen LogP contribution in [0.2, 0.25) is 0 Å². The number of aromatic nitrogens is 2. The quantitative estimate of drug-likeness (QED) is 0.453. The van der Waals surface area contributed by atoms with Crippen LogP contribution in [-0.4, -0.2) is 37.3 Å². The lowest BCUT2D eigenvalue weighted by molar-refractivity contribution is -0.118. The Morgan fingerprint density at radius 1 is 0.972 bits per heavy atom. The van der Waals surface area contributed by atoms with E-state index in [0.717, 1.165) is 52.3 Å². The van der Waals surface area contributed by atoms with Gasteiger partial charge in [-0.25, -0.2) is 0 Å². The van der Waals surface area contributed by atoms with E-state index in [2.05, 4.69) is 60.6 Å². The van der Waals surface area contributed by atoms with Crippen molar-refractivity contribution in [3.63, 3.8) is 0 Å². The van der Waals surface area contributed by atoms with Crippen molar-refractivity contribution in [3.8, 4) is 28.5 Å². The van der Waals surface area contributed by atoms with Gasteiger partial charge in [-0.3, -0.25) is 9.89 Å². The molecule has 1 aliphatic heterocycles. The molecule has 0 saturated carbocycles. The van der Waals surface area contributed by atoms with E-state index in [4.69, 9.17) is 14.2 Å². The number of allylic oxidation sites excluding steroid dienone is 2. The summed E-state index contributed by atoms with van der Waals surface area (Å²) in [5.41, 5.74) is 6.47. The van der Waals surface area contributed by atoms with Crippen LogP contribution >= 0.6 is 0 Å². The monoisotopic (exact) mass is 487 g/mol. The van der Waals surface area contributed by atoms with E-state index < -0.39 is 0 Å². The van der Waals surface area contributed by atoms with E-state index in [1.54, 1.807) is 21.3 Å². The molecule has 0 bridgehead atoms. The number of hydrogen-bond acceptors (Lipinski definition) is 6. The van der Waals surface area contributed by atoms with Crippen LogP contribution in [0.15, 0.2) is 47.7 Å². The number of benzene rings is 2. The molecule has 0 amide bonds. The summed E-state index contributed by atoms with van der Waals surface area (Å²) in [6.07, 6.45) is 2.20. The third kappa shape index (κ3) is 3.92. The molecular weight excluding hydrogens is 454 g/mol. The number of aromatic amines is 1. The molecule has 5 rings (SSSR count). The standard InChI is InChI=1S/C29H33N3O4/c1-7-16-8-10-17(11-9-16)27-26-24(18-12-22(35-5)23(36-6)13-21(18)34-4)25-19(30-28(26)32-31-27)14-29(2,3)15-20(25)33/h8-13,24H,7,14-15H2,1-6H3,(H2,30,31,32)/t24-/m0/s1.